The molecule has 0 bridgehead atoms. The van der Waals surface area contributed by atoms with E-state index in [-0.39, 0.29) is 28.8 Å². The molecule has 190 valence electrons. The van der Waals surface area contributed by atoms with Crippen LogP contribution in [0.25, 0.3) is 0 Å². The van der Waals surface area contributed by atoms with E-state index in [0.717, 1.165) is 81.9 Å². The molecule has 3 aliphatic carbocycles. The van der Waals surface area contributed by atoms with Crippen LogP contribution in [0.5, 0.6) is 0 Å². The second kappa shape index (κ2) is 10.7. The lowest BCUT2D eigenvalue weighted by molar-refractivity contribution is -0.254. The molecule has 6 heteroatoms. The smallest absolute Gasteiger partial charge is 0.230 e. The maximum atomic E-state index is 14.0. The molecule has 3 saturated carbocycles. The van der Waals surface area contributed by atoms with Gasteiger partial charge in [-0.15, -0.1) is 11.3 Å². The fourth-order valence-electron chi connectivity index (χ4n) is 6.35. The second-order valence-corrected chi connectivity index (χ2v) is 13.0. The van der Waals surface area contributed by atoms with E-state index < -0.39 is 5.97 Å². The van der Waals surface area contributed by atoms with E-state index in [1.807, 2.05) is 11.0 Å². The van der Waals surface area contributed by atoms with Gasteiger partial charge in [0.25, 0.3) is 0 Å². The van der Waals surface area contributed by atoms with Gasteiger partial charge in [-0.2, -0.15) is 0 Å². The Balaban J connectivity index is 1.65. The summed E-state index contributed by atoms with van der Waals surface area (Å²) in [7, 11) is 1.75. The summed E-state index contributed by atoms with van der Waals surface area (Å²) >= 11 is 1.36. The predicted octanol–water partition coefficient (Wildman–Crippen LogP) is 5.91. The maximum absolute atomic E-state index is 14.0. The summed E-state index contributed by atoms with van der Waals surface area (Å²) in [4.78, 5) is 29.5. The van der Waals surface area contributed by atoms with Crippen molar-refractivity contribution in [3.63, 3.8) is 0 Å². The summed E-state index contributed by atoms with van der Waals surface area (Å²) in [5.74, 6) is 0.00974. The summed E-state index contributed by atoms with van der Waals surface area (Å²) in [6, 6.07) is 2.08. The van der Waals surface area contributed by atoms with Crippen LogP contribution in [-0.2, 0) is 9.53 Å². The van der Waals surface area contributed by atoms with Gasteiger partial charge < -0.3 is 19.5 Å². The topological polar surface area (TPSA) is 69.7 Å². The fraction of sp³-hybridized carbons (Fsp3) is 0.786. The standard InChI is InChI=1S/C28H43NO4S/c1-18-5-7-20(8-6-18)26(30)29(21-9-11-22(33-4)12-10-21)23-17-24(34-25(23)27(31)32)19-13-15-28(2,3)16-14-19/h17-22H,5-16H2,1-4H3,(H,31,32)/p-1. The molecule has 0 saturated heterocycles. The van der Waals surface area contributed by atoms with Crippen molar-refractivity contribution in [3.8, 4) is 0 Å². The van der Waals surface area contributed by atoms with Crippen molar-refractivity contribution in [2.45, 2.75) is 116 Å². The highest BCUT2D eigenvalue weighted by Crippen LogP contribution is 2.47. The number of carbonyl (C=O) groups is 2. The first-order valence-corrected chi connectivity index (χ1v) is 14.2. The first kappa shape index (κ1) is 25.7. The van der Waals surface area contributed by atoms with Crippen molar-refractivity contribution in [2.75, 3.05) is 12.0 Å². The minimum absolute atomic E-state index is 0.00946. The lowest BCUT2D eigenvalue weighted by Crippen LogP contribution is -2.47. The average molecular weight is 489 g/mol. The monoisotopic (exact) mass is 488 g/mol. The normalized spacial score (nSPS) is 30.1. The van der Waals surface area contributed by atoms with Crippen molar-refractivity contribution >= 4 is 28.9 Å². The van der Waals surface area contributed by atoms with Crippen LogP contribution in [0.1, 0.15) is 118 Å². The first-order valence-electron chi connectivity index (χ1n) is 13.4. The molecule has 1 aromatic rings. The van der Waals surface area contributed by atoms with Crippen molar-refractivity contribution in [2.24, 2.45) is 17.3 Å². The van der Waals surface area contributed by atoms with Gasteiger partial charge in [0.05, 0.1) is 22.6 Å². The van der Waals surface area contributed by atoms with E-state index in [9.17, 15) is 14.7 Å². The molecular weight excluding hydrogens is 446 g/mol. The van der Waals surface area contributed by atoms with Crippen LogP contribution >= 0.6 is 11.3 Å². The van der Waals surface area contributed by atoms with E-state index in [1.165, 1.54) is 11.3 Å². The average Bonchev–Trinajstić information content (AvgIpc) is 3.25. The number of hydrogen-bond acceptors (Lipinski definition) is 5. The van der Waals surface area contributed by atoms with Crippen molar-refractivity contribution < 1.29 is 19.4 Å². The molecule has 0 unspecified atom stereocenters. The highest BCUT2D eigenvalue weighted by molar-refractivity contribution is 7.14. The number of hydrogen-bond donors (Lipinski definition) is 0. The summed E-state index contributed by atoms with van der Waals surface area (Å²) in [6.45, 7) is 6.89. The molecule has 1 aromatic heterocycles. The number of aromatic carboxylic acids is 1. The zero-order chi connectivity index (χ0) is 24.5. The van der Waals surface area contributed by atoms with Gasteiger partial charge in [0, 0.05) is 23.9 Å². The summed E-state index contributed by atoms with van der Waals surface area (Å²) in [6.07, 6.45) is 12.1. The Labute approximate surface area is 209 Å². The second-order valence-electron chi connectivity index (χ2n) is 11.9. The molecule has 1 heterocycles. The number of nitrogens with zero attached hydrogens (tertiary/aromatic N) is 1. The van der Waals surface area contributed by atoms with Gasteiger partial charge in [-0.3, -0.25) is 4.79 Å². The van der Waals surface area contributed by atoms with Gasteiger partial charge in [0.1, 0.15) is 0 Å². The van der Waals surface area contributed by atoms with E-state index in [0.29, 0.717) is 22.9 Å². The minimum Gasteiger partial charge on any atom is -0.544 e. The largest absolute Gasteiger partial charge is 0.544 e. The molecule has 0 spiro atoms. The van der Waals surface area contributed by atoms with Gasteiger partial charge in [-0.25, -0.2) is 0 Å². The molecule has 1 amide bonds. The minimum atomic E-state index is -1.15. The van der Waals surface area contributed by atoms with E-state index in [2.05, 4.69) is 20.8 Å². The molecule has 5 nitrogen and oxygen atoms in total. The van der Waals surface area contributed by atoms with Gasteiger partial charge in [-0.05, 0) is 100 Å². The van der Waals surface area contributed by atoms with Crippen LogP contribution in [-0.4, -0.2) is 31.1 Å². The van der Waals surface area contributed by atoms with Crippen LogP contribution < -0.4 is 10.0 Å². The zero-order valence-corrected chi connectivity index (χ0v) is 22.3. The zero-order valence-electron chi connectivity index (χ0n) is 21.4. The van der Waals surface area contributed by atoms with Gasteiger partial charge >= 0.3 is 0 Å². The van der Waals surface area contributed by atoms with Gasteiger partial charge in [0.2, 0.25) is 5.91 Å². The number of thiophene rings is 1. The van der Waals surface area contributed by atoms with Crippen molar-refractivity contribution in [3.05, 3.63) is 15.8 Å². The predicted molar refractivity (Wildman–Crippen MR) is 135 cm³/mol. The van der Waals surface area contributed by atoms with Crippen LogP contribution in [0, 0.1) is 17.3 Å². The summed E-state index contributed by atoms with van der Waals surface area (Å²) < 4.78 is 5.57. The Kier molecular flexibility index (Phi) is 8.08. The number of methoxy groups -OCH3 is 1. The third kappa shape index (κ3) is 5.70. The molecule has 3 fully saturated rings. The lowest BCUT2D eigenvalue weighted by atomic mass is 9.73. The molecule has 0 aromatic carbocycles. The number of rotatable bonds is 6. The number of anilines is 1. The van der Waals surface area contributed by atoms with Crippen LogP contribution in [0.15, 0.2) is 6.07 Å². The highest BCUT2D eigenvalue weighted by Gasteiger charge is 2.37. The van der Waals surface area contributed by atoms with Gasteiger partial charge in [-0.1, -0.05) is 20.8 Å². The van der Waals surface area contributed by atoms with Crippen LogP contribution in [0.3, 0.4) is 0 Å². The molecule has 3 aliphatic rings. The van der Waals surface area contributed by atoms with E-state index >= 15 is 0 Å². The molecule has 0 aliphatic heterocycles. The third-order valence-corrected chi connectivity index (χ3v) is 10.1. The molecule has 0 radical (unpaired) electrons. The van der Waals surface area contributed by atoms with Crippen LogP contribution in [0.2, 0.25) is 0 Å². The van der Waals surface area contributed by atoms with Crippen molar-refractivity contribution in [1.82, 2.24) is 0 Å². The van der Waals surface area contributed by atoms with E-state index in [4.69, 9.17) is 4.74 Å². The number of carbonyl (C=O) groups excluding carboxylic acids is 2. The molecular formula is C28H42NO4S-. The molecule has 4 rings (SSSR count). The number of carboxylic acid groups (broad SMARTS) is 1. The Morgan fingerprint density at radius 2 is 1.62 bits per heavy atom. The molecule has 0 atom stereocenters. The number of amides is 1. The Morgan fingerprint density at radius 1 is 1.00 bits per heavy atom. The Bertz CT molecular complexity index is 852. The van der Waals surface area contributed by atoms with Crippen molar-refractivity contribution in [1.29, 1.82) is 0 Å². The first-order chi connectivity index (χ1) is 16.2. The Hall–Kier alpha value is -1.40. The van der Waals surface area contributed by atoms with Gasteiger partial charge in [0.15, 0.2) is 0 Å². The van der Waals surface area contributed by atoms with E-state index in [1.54, 1.807) is 7.11 Å². The SMILES string of the molecule is COC1CCC(N(C(=O)C2CCC(C)CC2)c2cc(C3CCC(C)(C)CC3)sc2C(=O)[O-])CC1. The quantitative estimate of drug-likeness (QED) is 0.499. The molecule has 34 heavy (non-hydrogen) atoms. The summed E-state index contributed by atoms with van der Waals surface area (Å²) in [5.41, 5.74) is 0.961. The third-order valence-electron chi connectivity index (χ3n) is 8.86. The number of ether oxygens (including phenoxy) is 1. The Morgan fingerprint density at radius 3 is 2.18 bits per heavy atom. The fourth-order valence-corrected chi connectivity index (χ4v) is 7.50. The maximum Gasteiger partial charge on any atom is 0.230 e. The molecule has 0 N–H and O–H groups in total. The number of carboxylic acids is 1. The van der Waals surface area contributed by atoms with Crippen LogP contribution in [0.4, 0.5) is 5.69 Å². The summed E-state index contributed by atoms with van der Waals surface area (Å²) in [5, 5.41) is 12.3. The highest BCUT2D eigenvalue weighted by atomic mass is 32.1. The lowest BCUT2D eigenvalue weighted by Gasteiger charge is -2.39.